The molecule has 3 N–H and O–H groups in total. The lowest BCUT2D eigenvalue weighted by molar-refractivity contribution is 0.0949. The number of hydrogen-bond donors (Lipinski definition) is 2. The number of carbonyl (C=O) groups is 1. The Morgan fingerprint density at radius 3 is 2.94 bits per heavy atom. The van der Waals surface area contributed by atoms with Gasteiger partial charge in [-0.15, -0.1) is 0 Å². The number of hydrogen-bond acceptors (Lipinski definition) is 4. The van der Waals surface area contributed by atoms with Crippen molar-refractivity contribution in [2.24, 2.45) is 0 Å². The molecule has 1 rings (SSSR count). The molecule has 5 nitrogen and oxygen atoms in total. The molecule has 1 amide bonds. The first-order chi connectivity index (χ1) is 8.02. The van der Waals surface area contributed by atoms with Crippen LogP contribution in [0.4, 0.5) is 5.69 Å². The van der Waals surface area contributed by atoms with Crippen molar-refractivity contribution in [1.82, 2.24) is 10.3 Å². The Bertz CT molecular complexity index is 423. The van der Waals surface area contributed by atoms with Gasteiger partial charge in [-0.25, -0.2) is 4.98 Å². The highest BCUT2D eigenvalue weighted by Crippen LogP contribution is 2.06. The Balaban J connectivity index is 2.46. The van der Waals surface area contributed by atoms with Gasteiger partial charge in [0.1, 0.15) is 0 Å². The summed E-state index contributed by atoms with van der Waals surface area (Å²) >= 11 is 0. The minimum Gasteiger partial charge on any atom is -0.397 e. The molecule has 1 heterocycles. The van der Waals surface area contributed by atoms with Crippen molar-refractivity contribution in [2.45, 2.75) is 18.6 Å². The van der Waals surface area contributed by atoms with Crippen LogP contribution in [0.25, 0.3) is 0 Å². The second-order valence-corrected chi connectivity index (χ2v) is 5.60. The first-order valence-corrected chi connectivity index (χ1v) is 6.95. The van der Waals surface area contributed by atoms with Crippen LogP contribution in [0.3, 0.4) is 0 Å². The van der Waals surface area contributed by atoms with Gasteiger partial charge in [0.05, 0.1) is 5.69 Å². The van der Waals surface area contributed by atoms with Gasteiger partial charge in [0.15, 0.2) is 5.69 Å². The Labute approximate surface area is 103 Å². The van der Waals surface area contributed by atoms with E-state index < -0.39 is 10.8 Å². The number of rotatable bonds is 5. The van der Waals surface area contributed by atoms with E-state index in [0.29, 0.717) is 18.7 Å². The normalized spacial score (nSPS) is 14.0. The molecular weight excluding hydrogens is 238 g/mol. The molecule has 0 radical (unpaired) electrons. The number of pyridine rings is 1. The zero-order chi connectivity index (χ0) is 12.8. The van der Waals surface area contributed by atoms with Crippen molar-refractivity contribution in [3.05, 3.63) is 24.0 Å². The molecule has 0 aliphatic heterocycles. The number of nitrogens with zero attached hydrogens (tertiary/aromatic N) is 1. The average molecular weight is 255 g/mol. The molecule has 94 valence electrons. The van der Waals surface area contributed by atoms with Crippen LogP contribution in [0, 0.1) is 0 Å². The van der Waals surface area contributed by atoms with Crippen LogP contribution < -0.4 is 11.1 Å². The van der Waals surface area contributed by atoms with E-state index in [9.17, 15) is 9.00 Å². The van der Waals surface area contributed by atoms with E-state index in [1.165, 1.54) is 6.20 Å². The molecule has 1 aromatic heterocycles. The topological polar surface area (TPSA) is 85.1 Å². The van der Waals surface area contributed by atoms with E-state index in [2.05, 4.69) is 10.3 Å². The SMILES string of the molecule is CC(CCNC(=O)c1ncccc1N)S(C)=O. The van der Waals surface area contributed by atoms with Crippen LogP contribution in [0.1, 0.15) is 23.8 Å². The van der Waals surface area contributed by atoms with E-state index in [-0.39, 0.29) is 16.9 Å². The zero-order valence-corrected chi connectivity index (χ0v) is 10.8. The summed E-state index contributed by atoms with van der Waals surface area (Å²) in [5.41, 5.74) is 6.22. The second-order valence-electron chi connectivity index (χ2n) is 3.80. The summed E-state index contributed by atoms with van der Waals surface area (Å²) in [7, 11) is -0.866. The zero-order valence-electron chi connectivity index (χ0n) is 9.97. The second kappa shape index (κ2) is 6.34. The highest BCUT2D eigenvalue weighted by Gasteiger charge is 2.11. The highest BCUT2D eigenvalue weighted by atomic mass is 32.2. The summed E-state index contributed by atoms with van der Waals surface area (Å²) in [5.74, 6) is -0.294. The van der Waals surface area contributed by atoms with Gasteiger partial charge in [-0.2, -0.15) is 0 Å². The number of carbonyl (C=O) groups excluding carboxylic acids is 1. The fraction of sp³-hybridized carbons (Fsp3) is 0.455. The molecule has 0 saturated heterocycles. The number of aromatic nitrogens is 1. The standard InChI is InChI=1S/C11H17N3O2S/c1-8(17(2)16)5-7-14-11(15)10-9(12)4-3-6-13-10/h3-4,6,8H,5,7,12H2,1-2H3,(H,14,15). The van der Waals surface area contributed by atoms with Gasteiger partial charge in [-0.05, 0) is 18.6 Å². The van der Waals surface area contributed by atoms with E-state index in [0.717, 1.165) is 0 Å². The Morgan fingerprint density at radius 1 is 1.65 bits per heavy atom. The number of anilines is 1. The number of nitrogens with one attached hydrogen (secondary N) is 1. The monoisotopic (exact) mass is 255 g/mol. The van der Waals surface area contributed by atoms with Gasteiger partial charge in [-0.3, -0.25) is 9.00 Å². The molecule has 0 fully saturated rings. The van der Waals surface area contributed by atoms with Gasteiger partial charge < -0.3 is 11.1 Å². The predicted octanol–water partition coefficient (Wildman–Crippen LogP) is 0.551. The largest absolute Gasteiger partial charge is 0.397 e. The molecule has 0 aliphatic carbocycles. The predicted molar refractivity (Wildman–Crippen MR) is 69.1 cm³/mol. The van der Waals surface area contributed by atoms with Crippen LogP contribution >= 0.6 is 0 Å². The molecule has 2 atom stereocenters. The maximum absolute atomic E-state index is 11.7. The maximum atomic E-state index is 11.7. The molecule has 6 heteroatoms. The van der Waals surface area contributed by atoms with E-state index >= 15 is 0 Å². The summed E-state index contributed by atoms with van der Waals surface area (Å²) < 4.78 is 11.1. The van der Waals surface area contributed by atoms with Gasteiger partial charge >= 0.3 is 0 Å². The van der Waals surface area contributed by atoms with Gasteiger partial charge in [0, 0.05) is 35.0 Å². The van der Waals surface area contributed by atoms with Gasteiger partial charge in [-0.1, -0.05) is 6.92 Å². The Kier molecular flexibility index (Phi) is 5.09. The quantitative estimate of drug-likeness (QED) is 0.804. The van der Waals surface area contributed by atoms with Crippen LogP contribution in [0.5, 0.6) is 0 Å². The number of amides is 1. The van der Waals surface area contributed by atoms with Crippen molar-refractivity contribution in [3.8, 4) is 0 Å². The smallest absolute Gasteiger partial charge is 0.272 e. The van der Waals surface area contributed by atoms with Crippen molar-refractivity contribution >= 4 is 22.4 Å². The molecule has 0 bridgehead atoms. The van der Waals surface area contributed by atoms with Gasteiger partial charge in [0.2, 0.25) is 0 Å². The molecule has 1 aromatic rings. The summed E-state index contributed by atoms with van der Waals surface area (Å²) in [6.07, 6.45) is 3.85. The summed E-state index contributed by atoms with van der Waals surface area (Å²) in [4.78, 5) is 15.6. The lowest BCUT2D eigenvalue weighted by Crippen LogP contribution is -2.28. The molecule has 2 unspecified atom stereocenters. The molecule has 0 aliphatic rings. The van der Waals surface area contributed by atoms with Crippen LogP contribution in [-0.4, -0.2) is 33.2 Å². The molecular formula is C11H17N3O2S. The Morgan fingerprint density at radius 2 is 2.35 bits per heavy atom. The van der Waals surface area contributed by atoms with Crippen LogP contribution in [0.15, 0.2) is 18.3 Å². The van der Waals surface area contributed by atoms with E-state index in [1.807, 2.05) is 6.92 Å². The summed E-state index contributed by atoms with van der Waals surface area (Å²) in [5, 5.41) is 2.78. The third-order valence-electron chi connectivity index (χ3n) is 2.46. The lowest BCUT2D eigenvalue weighted by Gasteiger charge is -2.09. The van der Waals surface area contributed by atoms with E-state index in [4.69, 9.17) is 5.73 Å². The fourth-order valence-corrected chi connectivity index (χ4v) is 1.70. The average Bonchev–Trinajstić information content (AvgIpc) is 2.29. The third-order valence-corrected chi connectivity index (χ3v) is 3.83. The molecule has 17 heavy (non-hydrogen) atoms. The van der Waals surface area contributed by atoms with Crippen LogP contribution in [0.2, 0.25) is 0 Å². The number of nitrogen functional groups attached to an aromatic ring is 1. The fourth-order valence-electron chi connectivity index (χ4n) is 1.25. The first-order valence-electron chi connectivity index (χ1n) is 5.33. The number of nitrogens with two attached hydrogens (primary N) is 1. The highest BCUT2D eigenvalue weighted by molar-refractivity contribution is 7.84. The molecule has 0 saturated carbocycles. The van der Waals surface area contributed by atoms with Crippen molar-refractivity contribution in [1.29, 1.82) is 0 Å². The maximum Gasteiger partial charge on any atom is 0.272 e. The molecule has 0 aromatic carbocycles. The summed E-state index contributed by atoms with van der Waals surface area (Å²) in [6, 6.07) is 3.31. The Hall–Kier alpha value is -1.43. The van der Waals surface area contributed by atoms with E-state index in [1.54, 1.807) is 18.4 Å². The van der Waals surface area contributed by atoms with Crippen molar-refractivity contribution in [3.63, 3.8) is 0 Å². The minimum atomic E-state index is -0.866. The third kappa shape index (κ3) is 4.14. The first kappa shape index (κ1) is 13.6. The van der Waals surface area contributed by atoms with Crippen molar-refractivity contribution in [2.75, 3.05) is 18.5 Å². The van der Waals surface area contributed by atoms with Crippen LogP contribution in [-0.2, 0) is 10.8 Å². The lowest BCUT2D eigenvalue weighted by atomic mass is 10.2. The minimum absolute atomic E-state index is 0.0661. The molecule has 0 spiro atoms. The van der Waals surface area contributed by atoms with Crippen molar-refractivity contribution < 1.29 is 9.00 Å². The van der Waals surface area contributed by atoms with Gasteiger partial charge in [0.25, 0.3) is 5.91 Å². The summed E-state index contributed by atoms with van der Waals surface area (Å²) in [6.45, 7) is 2.35.